The highest BCUT2D eigenvalue weighted by molar-refractivity contribution is 7.92. The average molecular weight is 309 g/mol. The Kier molecular flexibility index (Phi) is 4.75. The summed E-state index contributed by atoms with van der Waals surface area (Å²) in [6.07, 6.45) is 0. The lowest BCUT2D eigenvalue weighted by atomic mass is 10.2. The summed E-state index contributed by atoms with van der Waals surface area (Å²) >= 11 is 5.78. The first-order chi connectivity index (χ1) is 8.64. The third-order valence-corrected chi connectivity index (χ3v) is 4.18. The summed E-state index contributed by atoms with van der Waals surface area (Å²) in [5.41, 5.74) is 4.38. The lowest BCUT2D eigenvalue weighted by molar-refractivity contribution is 0.0996. The molecule has 0 aliphatic rings. The van der Waals surface area contributed by atoms with Crippen LogP contribution in [0.3, 0.4) is 0 Å². The summed E-state index contributed by atoms with van der Waals surface area (Å²) in [5.74, 6) is -2.17. The van der Waals surface area contributed by atoms with Crippen LogP contribution in [0, 0.1) is 11.7 Å². The molecule has 106 valence electrons. The first-order valence-corrected chi connectivity index (χ1v) is 7.45. The van der Waals surface area contributed by atoms with Gasteiger partial charge in [-0.2, -0.15) is 0 Å². The number of carbonyl (C=O) groups is 1. The van der Waals surface area contributed by atoms with Crippen LogP contribution in [0.25, 0.3) is 0 Å². The fourth-order valence-corrected chi connectivity index (χ4v) is 3.32. The van der Waals surface area contributed by atoms with Gasteiger partial charge in [-0.1, -0.05) is 25.4 Å². The highest BCUT2D eigenvalue weighted by Crippen LogP contribution is 2.28. The molecule has 1 rings (SSSR count). The molecule has 3 N–H and O–H groups in total. The van der Waals surface area contributed by atoms with E-state index in [2.05, 4.69) is 4.72 Å². The van der Waals surface area contributed by atoms with Crippen LogP contribution in [-0.4, -0.2) is 20.1 Å². The number of anilines is 1. The second kappa shape index (κ2) is 5.75. The van der Waals surface area contributed by atoms with Gasteiger partial charge < -0.3 is 5.73 Å². The molecule has 0 fully saturated rings. The molecule has 19 heavy (non-hydrogen) atoms. The fourth-order valence-electron chi connectivity index (χ4n) is 1.51. The number of primary amides is 1. The highest BCUT2D eigenvalue weighted by Gasteiger charge is 2.20. The number of benzene rings is 1. The molecule has 5 nitrogen and oxygen atoms in total. The molecule has 0 atom stereocenters. The van der Waals surface area contributed by atoms with Gasteiger partial charge in [-0.25, -0.2) is 12.8 Å². The highest BCUT2D eigenvalue weighted by atomic mass is 35.5. The van der Waals surface area contributed by atoms with Crippen molar-refractivity contribution in [3.63, 3.8) is 0 Å². The lowest BCUT2D eigenvalue weighted by Crippen LogP contribution is -2.21. The van der Waals surface area contributed by atoms with Crippen LogP contribution >= 0.6 is 11.6 Å². The SMILES string of the molecule is CC(C)CS(=O)(=O)Nc1ccc(F)c(C(N)=O)c1Cl. The Morgan fingerprint density at radius 1 is 1.47 bits per heavy atom. The Morgan fingerprint density at radius 3 is 2.53 bits per heavy atom. The van der Waals surface area contributed by atoms with Gasteiger partial charge in [0.1, 0.15) is 5.82 Å². The largest absolute Gasteiger partial charge is 0.365 e. The lowest BCUT2D eigenvalue weighted by Gasteiger charge is -2.13. The second-order valence-electron chi connectivity index (χ2n) is 4.43. The molecule has 0 unspecified atom stereocenters. The maximum absolute atomic E-state index is 13.4. The number of nitrogens with two attached hydrogens (primary N) is 1. The molecule has 0 saturated heterocycles. The van der Waals surface area contributed by atoms with Crippen molar-refractivity contribution in [3.8, 4) is 0 Å². The zero-order chi connectivity index (χ0) is 14.8. The van der Waals surface area contributed by atoms with Gasteiger partial charge in [0.2, 0.25) is 10.0 Å². The molecule has 0 saturated carbocycles. The van der Waals surface area contributed by atoms with E-state index in [0.29, 0.717) is 0 Å². The zero-order valence-corrected chi connectivity index (χ0v) is 12.0. The zero-order valence-electron chi connectivity index (χ0n) is 10.4. The van der Waals surface area contributed by atoms with E-state index in [0.717, 1.165) is 12.1 Å². The van der Waals surface area contributed by atoms with Crippen molar-refractivity contribution >= 4 is 33.2 Å². The topological polar surface area (TPSA) is 89.3 Å². The number of rotatable bonds is 5. The molecule has 0 aromatic heterocycles. The molecule has 1 aromatic carbocycles. The quantitative estimate of drug-likeness (QED) is 0.871. The van der Waals surface area contributed by atoms with Crippen molar-refractivity contribution < 1.29 is 17.6 Å². The molecule has 8 heteroatoms. The molecule has 1 amide bonds. The van der Waals surface area contributed by atoms with Crippen molar-refractivity contribution in [1.29, 1.82) is 0 Å². The monoisotopic (exact) mass is 308 g/mol. The van der Waals surface area contributed by atoms with E-state index in [1.165, 1.54) is 0 Å². The molecule has 0 spiro atoms. The molecule has 0 heterocycles. The van der Waals surface area contributed by atoms with E-state index < -0.39 is 27.3 Å². The maximum atomic E-state index is 13.4. The molecule has 0 aliphatic carbocycles. The van der Waals surface area contributed by atoms with Gasteiger partial charge in [-0.15, -0.1) is 0 Å². The van der Waals surface area contributed by atoms with Crippen LogP contribution in [0.1, 0.15) is 24.2 Å². The van der Waals surface area contributed by atoms with Crippen molar-refractivity contribution in [1.82, 2.24) is 0 Å². The Balaban J connectivity index is 3.17. The molecule has 0 radical (unpaired) electrons. The maximum Gasteiger partial charge on any atom is 0.253 e. The molecule has 0 aliphatic heterocycles. The molecular weight excluding hydrogens is 295 g/mol. The number of halogens is 2. The van der Waals surface area contributed by atoms with Gasteiger partial charge in [-0.3, -0.25) is 9.52 Å². The predicted octanol–water partition coefficient (Wildman–Crippen LogP) is 1.98. The summed E-state index contributed by atoms with van der Waals surface area (Å²) in [6, 6.07) is 2.07. The molecular formula is C11H14ClFN2O3S. The molecule has 1 aromatic rings. The minimum absolute atomic E-state index is 0.0717. The van der Waals surface area contributed by atoms with E-state index in [4.69, 9.17) is 17.3 Å². The van der Waals surface area contributed by atoms with Crippen LogP contribution in [-0.2, 0) is 10.0 Å². The predicted molar refractivity (Wildman–Crippen MR) is 72.2 cm³/mol. The second-order valence-corrected chi connectivity index (χ2v) is 6.57. The number of hydrogen-bond acceptors (Lipinski definition) is 3. The van der Waals surface area contributed by atoms with E-state index in [9.17, 15) is 17.6 Å². The van der Waals surface area contributed by atoms with Crippen molar-refractivity contribution in [3.05, 3.63) is 28.5 Å². The van der Waals surface area contributed by atoms with Gasteiger partial charge in [0.25, 0.3) is 5.91 Å². The van der Waals surface area contributed by atoms with Gasteiger partial charge in [0.05, 0.1) is 22.0 Å². The standard InChI is InChI=1S/C11H14ClFN2O3S/c1-6(2)5-19(17,18)15-8-4-3-7(13)9(10(8)12)11(14)16/h3-4,6,15H,5H2,1-2H3,(H2,14,16). The number of carbonyl (C=O) groups excluding carboxylic acids is 1. The number of hydrogen-bond donors (Lipinski definition) is 2. The van der Waals surface area contributed by atoms with Gasteiger partial charge in [0, 0.05) is 0 Å². The molecule has 0 bridgehead atoms. The van der Waals surface area contributed by atoms with Crippen molar-refractivity contribution in [2.45, 2.75) is 13.8 Å². The van der Waals surface area contributed by atoms with Gasteiger partial charge in [-0.05, 0) is 18.1 Å². The number of sulfonamides is 1. The summed E-state index contributed by atoms with van der Waals surface area (Å²) < 4.78 is 39.1. The minimum Gasteiger partial charge on any atom is -0.365 e. The van der Waals surface area contributed by atoms with Crippen LogP contribution in [0.4, 0.5) is 10.1 Å². The summed E-state index contributed by atoms with van der Waals surface area (Å²) in [6.45, 7) is 3.47. The Bertz CT molecular complexity index is 602. The Morgan fingerprint density at radius 2 is 2.05 bits per heavy atom. The summed E-state index contributed by atoms with van der Waals surface area (Å²) in [4.78, 5) is 11.1. The third-order valence-electron chi connectivity index (χ3n) is 2.16. The van der Waals surface area contributed by atoms with Gasteiger partial charge in [0.15, 0.2) is 0 Å². The van der Waals surface area contributed by atoms with Crippen LogP contribution in [0.2, 0.25) is 5.02 Å². The number of nitrogens with one attached hydrogen (secondary N) is 1. The Labute approximate surface area is 116 Å². The Hall–Kier alpha value is -1.34. The minimum atomic E-state index is -3.62. The van der Waals surface area contributed by atoms with Crippen LogP contribution < -0.4 is 10.5 Å². The smallest absolute Gasteiger partial charge is 0.253 e. The summed E-state index contributed by atoms with van der Waals surface area (Å²) in [5, 5.41) is -0.347. The van der Waals surface area contributed by atoms with Crippen molar-refractivity contribution in [2.75, 3.05) is 10.5 Å². The van der Waals surface area contributed by atoms with Crippen LogP contribution in [0.5, 0.6) is 0 Å². The fraction of sp³-hybridized carbons (Fsp3) is 0.364. The summed E-state index contributed by atoms with van der Waals surface area (Å²) in [7, 11) is -3.62. The van der Waals surface area contributed by atoms with E-state index in [1.54, 1.807) is 13.8 Å². The van der Waals surface area contributed by atoms with Gasteiger partial charge >= 0.3 is 0 Å². The third kappa shape index (κ3) is 4.07. The van der Waals surface area contributed by atoms with E-state index in [1.807, 2.05) is 0 Å². The first kappa shape index (κ1) is 15.7. The normalized spacial score (nSPS) is 11.6. The number of amides is 1. The first-order valence-electron chi connectivity index (χ1n) is 5.42. The van der Waals surface area contributed by atoms with E-state index in [-0.39, 0.29) is 22.4 Å². The average Bonchev–Trinajstić information content (AvgIpc) is 2.19. The van der Waals surface area contributed by atoms with Crippen LogP contribution in [0.15, 0.2) is 12.1 Å². The van der Waals surface area contributed by atoms with Crippen molar-refractivity contribution in [2.24, 2.45) is 11.7 Å². The van der Waals surface area contributed by atoms with E-state index >= 15 is 0 Å².